The number of carbonyl (C=O) groups excluding carboxylic acids is 1. The van der Waals surface area contributed by atoms with Crippen molar-refractivity contribution >= 4 is 21.5 Å². The lowest BCUT2D eigenvalue weighted by Crippen LogP contribution is -2.61. The summed E-state index contributed by atoms with van der Waals surface area (Å²) in [6.45, 7) is 1.56. The highest BCUT2D eigenvalue weighted by Gasteiger charge is 2.58. The van der Waals surface area contributed by atoms with Gasteiger partial charge in [0.2, 0.25) is 5.88 Å². The Labute approximate surface area is 179 Å². The maximum Gasteiger partial charge on any atom is 0.232 e. The third-order valence-corrected chi connectivity index (χ3v) is 8.91. The number of aliphatic imine (C=N–C) groups is 1. The van der Waals surface area contributed by atoms with Crippen molar-refractivity contribution in [3.63, 3.8) is 0 Å². The first kappa shape index (κ1) is 21.4. The van der Waals surface area contributed by atoms with Crippen LogP contribution in [0.3, 0.4) is 0 Å². The summed E-state index contributed by atoms with van der Waals surface area (Å²) >= 11 is 0. The summed E-state index contributed by atoms with van der Waals surface area (Å²) in [5.74, 6) is -0.919. The molecule has 0 amide bonds. The van der Waals surface area contributed by atoms with Crippen molar-refractivity contribution in [3.05, 3.63) is 53.2 Å². The summed E-state index contributed by atoms with van der Waals surface area (Å²) in [6, 6.07) is 4.18. The highest BCUT2D eigenvalue weighted by atomic mass is 32.2. The van der Waals surface area contributed by atoms with E-state index in [1.165, 1.54) is 37.7 Å². The van der Waals surface area contributed by atoms with E-state index in [-0.39, 0.29) is 40.9 Å². The van der Waals surface area contributed by atoms with Gasteiger partial charge in [-0.2, -0.15) is 0 Å². The topological polar surface area (TPSA) is 125 Å². The smallest absolute Gasteiger partial charge is 0.232 e. The average Bonchev–Trinajstić information content (AvgIpc) is 2.67. The summed E-state index contributed by atoms with van der Waals surface area (Å²) in [7, 11) is -2.17. The number of ether oxygens (including phenoxy) is 1. The van der Waals surface area contributed by atoms with Crippen LogP contribution in [0.1, 0.15) is 47.8 Å². The molecule has 31 heavy (non-hydrogen) atoms. The minimum Gasteiger partial charge on any atom is -0.480 e. The van der Waals surface area contributed by atoms with Gasteiger partial charge < -0.3 is 10.5 Å². The summed E-state index contributed by atoms with van der Waals surface area (Å²) in [4.78, 5) is 25.0. The summed E-state index contributed by atoms with van der Waals surface area (Å²) in [5.41, 5.74) is 5.48. The zero-order chi connectivity index (χ0) is 22.4. The molecule has 0 radical (unpaired) electrons. The second-order valence-electron chi connectivity index (χ2n) is 8.24. The summed E-state index contributed by atoms with van der Waals surface area (Å²) in [6.07, 6.45) is 4.25. The van der Waals surface area contributed by atoms with E-state index in [1.807, 2.05) is 0 Å². The van der Waals surface area contributed by atoms with Crippen molar-refractivity contribution in [3.8, 4) is 5.88 Å². The maximum absolute atomic E-state index is 14.8. The van der Waals surface area contributed by atoms with Crippen LogP contribution < -0.4 is 10.5 Å². The zero-order valence-corrected chi connectivity index (χ0v) is 18.1. The Bertz CT molecular complexity index is 1180. The number of hydrogen-bond donors (Lipinski definition) is 1. The molecule has 0 saturated heterocycles. The van der Waals surface area contributed by atoms with Crippen LogP contribution >= 0.6 is 0 Å². The molecule has 10 heteroatoms. The largest absolute Gasteiger partial charge is 0.480 e. The number of rotatable bonds is 5. The van der Waals surface area contributed by atoms with Crippen LogP contribution in [0.5, 0.6) is 5.88 Å². The number of amidine groups is 1. The molecule has 2 heterocycles. The third kappa shape index (κ3) is 3.48. The standard InChI is InChI=1S/C21H23FN4O4S/c1-20(12-31(28,29)21(6-3-7-21)19(23)26-20)14-8-13(4-5-15(14)22)9-17(27)16-10-25-18(30-2)11-24-16/h4-5,8,10-11H,3,6-7,9,12H2,1-2H3,(H2,23,26)/t20-/m0/s1. The Morgan fingerprint density at radius 1 is 1.26 bits per heavy atom. The van der Waals surface area contributed by atoms with Crippen molar-refractivity contribution in [2.45, 2.75) is 42.9 Å². The minimum absolute atomic E-state index is 0.0434. The van der Waals surface area contributed by atoms with Crippen LogP contribution in [0, 0.1) is 5.82 Å². The lowest BCUT2D eigenvalue weighted by Gasteiger charge is -2.46. The zero-order valence-electron chi connectivity index (χ0n) is 17.3. The number of ketones is 1. The number of Topliss-reactive ketones (excluding diaryl/α,β-unsaturated/α-hetero) is 1. The van der Waals surface area contributed by atoms with Crippen molar-refractivity contribution in [2.75, 3.05) is 12.9 Å². The summed E-state index contributed by atoms with van der Waals surface area (Å²) in [5, 5.41) is 0. The first-order chi connectivity index (χ1) is 14.6. The lowest BCUT2D eigenvalue weighted by molar-refractivity contribution is 0.0987. The number of benzene rings is 1. The first-order valence-corrected chi connectivity index (χ1v) is 11.5. The average molecular weight is 447 g/mol. The molecule has 1 saturated carbocycles. The van der Waals surface area contributed by atoms with Crippen molar-refractivity contribution in [1.29, 1.82) is 0 Å². The molecule has 0 unspecified atom stereocenters. The highest BCUT2D eigenvalue weighted by Crippen LogP contribution is 2.47. The van der Waals surface area contributed by atoms with Gasteiger partial charge in [0.25, 0.3) is 0 Å². The summed E-state index contributed by atoms with van der Waals surface area (Å²) < 4.78 is 44.7. The molecular weight excluding hydrogens is 423 g/mol. The number of halogens is 1. The van der Waals surface area contributed by atoms with Gasteiger partial charge in [-0.1, -0.05) is 6.07 Å². The van der Waals surface area contributed by atoms with E-state index in [1.54, 1.807) is 6.92 Å². The lowest BCUT2D eigenvalue weighted by atomic mass is 9.82. The van der Waals surface area contributed by atoms with E-state index in [4.69, 9.17) is 10.5 Å². The fraction of sp³-hybridized carbons (Fsp3) is 0.429. The monoisotopic (exact) mass is 446 g/mol. The maximum atomic E-state index is 14.8. The van der Waals surface area contributed by atoms with Crippen LogP contribution in [0.4, 0.5) is 4.39 Å². The van der Waals surface area contributed by atoms with Gasteiger partial charge in [0.05, 0.1) is 25.3 Å². The molecule has 1 aliphatic carbocycles. The number of nitrogens with two attached hydrogens (primary N) is 1. The SMILES string of the molecule is COc1cnc(C(=O)Cc2ccc(F)c([C@]3(C)CS(=O)(=O)C4(CCC4)C(N)=N3)c2)cn1. The normalized spacial score (nSPS) is 23.6. The predicted molar refractivity (Wildman–Crippen MR) is 112 cm³/mol. The Kier molecular flexibility index (Phi) is 5.07. The molecule has 4 rings (SSSR count). The van der Waals surface area contributed by atoms with Gasteiger partial charge in [-0.05, 0) is 43.9 Å². The molecule has 2 aliphatic rings. The molecule has 8 nitrogen and oxygen atoms in total. The van der Waals surface area contributed by atoms with Gasteiger partial charge >= 0.3 is 0 Å². The van der Waals surface area contributed by atoms with Crippen LogP contribution in [0.2, 0.25) is 0 Å². The van der Waals surface area contributed by atoms with Crippen molar-refractivity contribution in [1.82, 2.24) is 9.97 Å². The Morgan fingerprint density at radius 2 is 2.00 bits per heavy atom. The molecule has 2 aromatic rings. The highest BCUT2D eigenvalue weighted by molar-refractivity contribution is 7.93. The van der Waals surface area contributed by atoms with Gasteiger partial charge in [0.15, 0.2) is 15.6 Å². The first-order valence-electron chi connectivity index (χ1n) is 9.86. The number of carbonyl (C=O) groups is 1. The molecule has 1 aromatic carbocycles. The van der Waals surface area contributed by atoms with E-state index in [2.05, 4.69) is 15.0 Å². The second kappa shape index (κ2) is 7.37. The molecule has 1 fully saturated rings. The fourth-order valence-corrected chi connectivity index (χ4v) is 6.72. The Balaban J connectivity index is 1.65. The number of nitrogens with zero attached hydrogens (tertiary/aromatic N) is 3. The van der Waals surface area contributed by atoms with E-state index in [0.29, 0.717) is 18.4 Å². The van der Waals surface area contributed by atoms with E-state index in [9.17, 15) is 17.6 Å². The van der Waals surface area contributed by atoms with Gasteiger partial charge in [-0.25, -0.2) is 22.8 Å². The van der Waals surface area contributed by atoms with Gasteiger partial charge in [0, 0.05) is 12.0 Å². The van der Waals surface area contributed by atoms with Gasteiger partial charge in [-0.3, -0.25) is 9.79 Å². The number of hydrogen-bond acceptors (Lipinski definition) is 8. The van der Waals surface area contributed by atoms with Crippen molar-refractivity contribution in [2.24, 2.45) is 10.7 Å². The quantitative estimate of drug-likeness (QED) is 0.696. The molecule has 1 aromatic heterocycles. The van der Waals surface area contributed by atoms with Crippen LogP contribution in [-0.4, -0.2) is 47.6 Å². The van der Waals surface area contributed by atoms with E-state index < -0.39 is 25.9 Å². The fourth-order valence-electron chi connectivity index (χ4n) is 4.21. The molecule has 1 spiro atoms. The van der Waals surface area contributed by atoms with Crippen LogP contribution in [0.15, 0.2) is 35.6 Å². The van der Waals surface area contributed by atoms with Gasteiger partial charge in [-0.15, -0.1) is 0 Å². The van der Waals surface area contributed by atoms with E-state index in [0.717, 1.165) is 6.42 Å². The van der Waals surface area contributed by atoms with Crippen molar-refractivity contribution < 1.29 is 22.3 Å². The number of methoxy groups -OCH3 is 1. The van der Waals surface area contributed by atoms with Gasteiger partial charge in [0.1, 0.15) is 27.6 Å². The minimum atomic E-state index is -3.61. The Hall–Kier alpha value is -2.88. The number of aromatic nitrogens is 2. The molecule has 0 bridgehead atoms. The Morgan fingerprint density at radius 3 is 2.55 bits per heavy atom. The molecule has 164 valence electrons. The molecule has 1 atom stereocenters. The number of sulfone groups is 1. The third-order valence-electron chi connectivity index (χ3n) is 6.16. The van der Waals surface area contributed by atoms with Crippen LogP contribution in [-0.2, 0) is 21.8 Å². The van der Waals surface area contributed by atoms with E-state index >= 15 is 0 Å². The second-order valence-corrected chi connectivity index (χ2v) is 10.5. The molecule has 1 aliphatic heterocycles. The molecule has 2 N–H and O–H groups in total. The molecular formula is C21H23FN4O4S. The predicted octanol–water partition coefficient (Wildman–Crippen LogP) is 1.97. The van der Waals surface area contributed by atoms with Crippen LogP contribution in [0.25, 0.3) is 0 Å².